The largest absolute Gasteiger partial charge is 0.488 e. The van der Waals surface area contributed by atoms with Crippen LogP contribution in [0.5, 0.6) is 5.75 Å². The van der Waals surface area contributed by atoms with Crippen LogP contribution in [0.2, 0.25) is 10.0 Å². The topological polar surface area (TPSA) is 78.3 Å². The molecule has 0 aromatic heterocycles. The van der Waals surface area contributed by atoms with Crippen molar-refractivity contribution in [3.63, 3.8) is 0 Å². The molecule has 0 saturated heterocycles. The third kappa shape index (κ3) is 3.35. The van der Waals surface area contributed by atoms with Crippen LogP contribution in [0.15, 0.2) is 36.4 Å². The molecular formula is C14H12Cl2N2O2. The van der Waals surface area contributed by atoms with Crippen molar-refractivity contribution in [1.82, 2.24) is 0 Å². The third-order valence-electron chi connectivity index (χ3n) is 2.65. The summed E-state index contributed by atoms with van der Waals surface area (Å²) in [4.78, 5) is 11.3. The van der Waals surface area contributed by atoms with Crippen molar-refractivity contribution in [1.29, 1.82) is 0 Å². The highest BCUT2D eigenvalue weighted by molar-refractivity contribution is 6.42. The van der Waals surface area contributed by atoms with E-state index in [0.29, 0.717) is 21.5 Å². The molecule has 0 aliphatic carbocycles. The number of hydrogen-bond acceptors (Lipinski definition) is 3. The van der Waals surface area contributed by atoms with E-state index in [2.05, 4.69) is 0 Å². The first-order valence-electron chi connectivity index (χ1n) is 5.73. The van der Waals surface area contributed by atoms with Gasteiger partial charge in [0.25, 0.3) is 5.91 Å². The van der Waals surface area contributed by atoms with Crippen molar-refractivity contribution in [2.45, 2.75) is 6.61 Å². The number of amides is 1. The fraction of sp³-hybridized carbons (Fsp3) is 0.0714. The monoisotopic (exact) mass is 310 g/mol. The molecule has 2 aromatic carbocycles. The molecule has 0 aliphatic heterocycles. The molecule has 104 valence electrons. The molecule has 0 fully saturated rings. The Balaban J connectivity index is 2.20. The first-order chi connectivity index (χ1) is 9.47. The van der Waals surface area contributed by atoms with Gasteiger partial charge in [0.05, 0.1) is 15.6 Å². The van der Waals surface area contributed by atoms with E-state index in [0.717, 1.165) is 5.56 Å². The molecule has 0 saturated carbocycles. The van der Waals surface area contributed by atoms with E-state index < -0.39 is 5.91 Å². The zero-order chi connectivity index (χ0) is 14.7. The Morgan fingerprint density at radius 2 is 1.85 bits per heavy atom. The number of benzene rings is 2. The van der Waals surface area contributed by atoms with Gasteiger partial charge in [-0.25, -0.2) is 0 Å². The lowest BCUT2D eigenvalue weighted by atomic mass is 10.1. The summed E-state index contributed by atoms with van der Waals surface area (Å²) in [6, 6.07) is 9.83. The van der Waals surface area contributed by atoms with Crippen molar-refractivity contribution >= 4 is 34.8 Å². The number of carbonyl (C=O) groups is 1. The summed E-state index contributed by atoms with van der Waals surface area (Å²) >= 11 is 11.8. The summed E-state index contributed by atoms with van der Waals surface area (Å²) in [6.07, 6.45) is 0. The lowest BCUT2D eigenvalue weighted by Gasteiger charge is -2.11. The van der Waals surface area contributed by atoms with Gasteiger partial charge in [-0.2, -0.15) is 0 Å². The first-order valence-corrected chi connectivity index (χ1v) is 6.49. The van der Waals surface area contributed by atoms with E-state index >= 15 is 0 Å². The highest BCUT2D eigenvalue weighted by atomic mass is 35.5. The second kappa shape index (κ2) is 6.03. The molecule has 4 nitrogen and oxygen atoms in total. The fourth-order valence-corrected chi connectivity index (χ4v) is 1.97. The van der Waals surface area contributed by atoms with E-state index in [1.54, 1.807) is 30.3 Å². The molecule has 0 heterocycles. The molecule has 0 unspecified atom stereocenters. The average molecular weight is 311 g/mol. The van der Waals surface area contributed by atoms with Crippen LogP contribution < -0.4 is 16.2 Å². The molecule has 0 atom stereocenters. The number of primary amides is 1. The summed E-state index contributed by atoms with van der Waals surface area (Å²) < 4.78 is 5.58. The minimum absolute atomic E-state index is 0.223. The fourth-order valence-electron chi connectivity index (χ4n) is 1.65. The van der Waals surface area contributed by atoms with E-state index in [-0.39, 0.29) is 12.2 Å². The molecule has 1 amide bonds. The molecule has 20 heavy (non-hydrogen) atoms. The van der Waals surface area contributed by atoms with Crippen LogP contribution in [-0.2, 0) is 6.61 Å². The lowest BCUT2D eigenvalue weighted by molar-refractivity contribution is 0.0996. The Hall–Kier alpha value is -1.91. The zero-order valence-electron chi connectivity index (χ0n) is 10.4. The number of anilines is 1. The van der Waals surface area contributed by atoms with Crippen LogP contribution in [0, 0.1) is 0 Å². The summed E-state index contributed by atoms with van der Waals surface area (Å²) in [7, 11) is 0. The SMILES string of the molecule is NC(=O)c1ccc(N)cc1OCc1ccc(Cl)c(Cl)c1. The van der Waals surface area contributed by atoms with Gasteiger partial charge in [-0.15, -0.1) is 0 Å². The van der Waals surface area contributed by atoms with E-state index in [9.17, 15) is 4.79 Å². The maximum Gasteiger partial charge on any atom is 0.252 e. The molecule has 0 spiro atoms. The quantitative estimate of drug-likeness (QED) is 0.851. The number of carbonyl (C=O) groups excluding carboxylic acids is 1. The second-order valence-electron chi connectivity index (χ2n) is 4.16. The van der Waals surface area contributed by atoms with Gasteiger partial charge in [-0.3, -0.25) is 4.79 Å². The van der Waals surface area contributed by atoms with Gasteiger partial charge in [-0.05, 0) is 29.8 Å². The molecule has 0 radical (unpaired) electrons. The van der Waals surface area contributed by atoms with Gasteiger partial charge in [0.15, 0.2) is 0 Å². The van der Waals surface area contributed by atoms with Gasteiger partial charge in [-0.1, -0.05) is 29.3 Å². The molecular weight excluding hydrogens is 299 g/mol. The third-order valence-corrected chi connectivity index (χ3v) is 3.39. The van der Waals surface area contributed by atoms with Crippen molar-refractivity contribution in [2.24, 2.45) is 5.73 Å². The Bertz CT molecular complexity index is 660. The minimum atomic E-state index is -0.575. The zero-order valence-corrected chi connectivity index (χ0v) is 11.9. The highest BCUT2D eigenvalue weighted by Crippen LogP contribution is 2.25. The average Bonchev–Trinajstić information content (AvgIpc) is 2.40. The summed E-state index contributed by atoms with van der Waals surface area (Å²) in [6.45, 7) is 0.223. The van der Waals surface area contributed by atoms with Crippen LogP contribution in [-0.4, -0.2) is 5.91 Å². The van der Waals surface area contributed by atoms with Crippen LogP contribution in [0.3, 0.4) is 0 Å². The van der Waals surface area contributed by atoms with Crippen LogP contribution in [0.25, 0.3) is 0 Å². The number of hydrogen-bond donors (Lipinski definition) is 2. The second-order valence-corrected chi connectivity index (χ2v) is 4.97. The Morgan fingerprint density at radius 3 is 2.50 bits per heavy atom. The van der Waals surface area contributed by atoms with Crippen molar-refractivity contribution in [2.75, 3.05) is 5.73 Å². The Morgan fingerprint density at radius 1 is 1.10 bits per heavy atom. The smallest absolute Gasteiger partial charge is 0.252 e. The predicted octanol–water partition coefficient (Wildman–Crippen LogP) is 3.25. The molecule has 0 aliphatic rings. The lowest BCUT2D eigenvalue weighted by Crippen LogP contribution is -2.13. The summed E-state index contributed by atoms with van der Waals surface area (Å²) in [5.74, 6) is -0.238. The van der Waals surface area contributed by atoms with E-state index in [4.69, 9.17) is 39.4 Å². The van der Waals surface area contributed by atoms with E-state index in [1.807, 2.05) is 0 Å². The highest BCUT2D eigenvalue weighted by Gasteiger charge is 2.10. The summed E-state index contributed by atoms with van der Waals surface area (Å²) in [5, 5.41) is 0.910. The number of nitrogen functional groups attached to an aromatic ring is 1. The van der Waals surface area contributed by atoms with Gasteiger partial charge in [0.1, 0.15) is 12.4 Å². The number of halogens is 2. The van der Waals surface area contributed by atoms with Gasteiger partial charge in [0, 0.05) is 11.8 Å². The normalized spacial score (nSPS) is 10.3. The number of ether oxygens (including phenoxy) is 1. The molecule has 4 N–H and O–H groups in total. The maximum atomic E-state index is 11.3. The number of rotatable bonds is 4. The van der Waals surface area contributed by atoms with Crippen LogP contribution in [0.1, 0.15) is 15.9 Å². The Kier molecular flexibility index (Phi) is 4.37. The van der Waals surface area contributed by atoms with Gasteiger partial charge in [0.2, 0.25) is 0 Å². The summed E-state index contributed by atoms with van der Waals surface area (Å²) in [5.41, 5.74) is 12.5. The van der Waals surface area contributed by atoms with Gasteiger partial charge >= 0.3 is 0 Å². The first kappa shape index (κ1) is 14.5. The predicted molar refractivity (Wildman–Crippen MR) is 80.2 cm³/mol. The van der Waals surface area contributed by atoms with Crippen molar-refractivity contribution in [3.8, 4) is 5.75 Å². The van der Waals surface area contributed by atoms with Crippen LogP contribution in [0.4, 0.5) is 5.69 Å². The molecule has 6 heteroatoms. The molecule has 2 rings (SSSR count). The molecule has 0 bridgehead atoms. The van der Waals surface area contributed by atoms with Crippen molar-refractivity contribution < 1.29 is 9.53 Å². The van der Waals surface area contributed by atoms with Crippen molar-refractivity contribution in [3.05, 3.63) is 57.6 Å². The van der Waals surface area contributed by atoms with E-state index in [1.165, 1.54) is 6.07 Å². The van der Waals surface area contributed by atoms with Gasteiger partial charge < -0.3 is 16.2 Å². The standard InChI is InChI=1S/C14H12Cl2N2O2/c15-11-4-1-8(5-12(11)16)7-20-13-6-9(17)2-3-10(13)14(18)19/h1-6H,7,17H2,(H2,18,19). The van der Waals surface area contributed by atoms with Crippen LogP contribution >= 0.6 is 23.2 Å². The maximum absolute atomic E-state index is 11.3. The number of nitrogens with two attached hydrogens (primary N) is 2. The Labute approximate surface area is 126 Å². The molecule has 2 aromatic rings. The minimum Gasteiger partial charge on any atom is -0.488 e.